The van der Waals surface area contributed by atoms with Crippen LogP contribution in [-0.4, -0.2) is 24.0 Å². The third-order valence-electron chi connectivity index (χ3n) is 4.11. The Bertz CT molecular complexity index is 519. The summed E-state index contributed by atoms with van der Waals surface area (Å²) in [6.07, 6.45) is 3.73. The van der Waals surface area contributed by atoms with Crippen LogP contribution in [0.25, 0.3) is 0 Å². The van der Waals surface area contributed by atoms with Gasteiger partial charge in [0.05, 0.1) is 5.56 Å². The van der Waals surface area contributed by atoms with Gasteiger partial charge < -0.3 is 15.8 Å². The zero-order chi connectivity index (χ0) is 15.2. The van der Waals surface area contributed by atoms with Gasteiger partial charge in [-0.25, -0.2) is 0 Å². The van der Waals surface area contributed by atoms with Crippen molar-refractivity contribution in [3.8, 4) is 5.75 Å². The summed E-state index contributed by atoms with van der Waals surface area (Å²) in [6, 6.07) is 7.22. The van der Waals surface area contributed by atoms with Crippen LogP contribution in [-0.2, 0) is 4.79 Å². The SMILES string of the molecule is CC1CCCC1CNC(=O)COc1ccccc1C(N)=S. The number of carbonyl (C=O) groups is 1. The molecule has 1 aromatic rings. The number of hydrogen-bond acceptors (Lipinski definition) is 3. The highest BCUT2D eigenvalue weighted by Gasteiger charge is 2.23. The van der Waals surface area contributed by atoms with E-state index in [9.17, 15) is 4.79 Å². The number of hydrogen-bond donors (Lipinski definition) is 2. The van der Waals surface area contributed by atoms with Crippen molar-refractivity contribution in [2.45, 2.75) is 26.2 Å². The van der Waals surface area contributed by atoms with Gasteiger partial charge in [0.25, 0.3) is 5.91 Å². The Labute approximate surface area is 131 Å². The lowest BCUT2D eigenvalue weighted by Crippen LogP contribution is -2.34. The Morgan fingerprint density at radius 1 is 1.43 bits per heavy atom. The molecular formula is C16H22N2O2S. The smallest absolute Gasteiger partial charge is 0.257 e. The van der Waals surface area contributed by atoms with E-state index in [1.807, 2.05) is 12.1 Å². The van der Waals surface area contributed by atoms with E-state index in [-0.39, 0.29) is 17.5 Å². The molecule has 3 N–H and O–H groups in total. The van der Waals surface area contributed by atoms with Crippen LogP contribution in [0.3, 0.4) is 0 Å². The lowest BCUT2D eigenvalue weighted by Gasteiger charge is -2.16. The maximum atomic E-state index is 11.9. The summed E-state index contributed by atoms with van der Waals surface area (Å²) >= 11 is 4.96. The normalized spacial score (nSPS) is 21.0. The first-order valence-electron chi connectivity index (χ1n) is 7.36. The molecule has 1 fully saturated rings. The number of nitrogens with two attached hydrogens (primary N) is 1. The molecule has 0 heterocycles. The highest BCUT2D eigenvalue weighted by molar-refractivity contribution is 7.80. The zero-order valence-electron chi connectivity index (χ0n) is 12.3. The second kappa shape index (κ2) is 7.41. The van der Waals surface area contributed by atoms with Gasteiger partial charge in [0.1, 0.15) is 10.7 Å². The summed E-state index contributed by atoms with van der Waals surface area (Å²) < 4.78 is 5.52. The number of carbonyl (C=O) groups excluding carboxylic acids is 1. The van der Waals surface area contributed by atoms with Crippen LogP contribution in [0.15, 0.2) is 24.3 Å². The maximum absolute atomic E-state index is 11.9. The van der Waals surface area contributed by atoms with Crippen molar-refractivity contribution < 1.29 is 9.53 Å². The molecule has 114 valence electrons. The van der Waals surface area contributed by atoms with E-state index in [0.29, 0.717) is 23.1 Å². The van der Waals surface area contributed by atoms with Gasteiger partial charge in [-0.1, -0.05) is 44.1 Å². The van der Waals surface area contributed by atoms with Crippen LogP contribution >= 0.6 is 12.2 Å². The second-order valence-corrected chi connectivity index (χ2v) is 6.06. The molecule has 0 bridgehead atoms. The molecular weight excluding hydrogens is 284 g/mol. The minimum absolute atomic E-state index is 0.0132. The average Bonchev–Trinajstić information content (AvgIpc) is 2.88. The second-order valence-electron chi connectivity index (χ2n) is 5.62. The Balaban J connectivity index is 1.80. The molecule has 4 nitrogen and oxygen atoms in total. The number of ether oxygens (including phenoxy) is 1. The van der Waals surface area contributed by atoms with E-state index in [1.54, 1.807) is 12.1 Å². The molecule has 5 heteroatoms. The minimum Gasteiger partial charge on any atom is -0.483 e. The number of amides is 1. The fourth-order valence-electron chi connectivity index (χ4n) is 2.76. The number of nitrogens with one attached hydrogen (secondary N) is 1. The number of thiocarbonyl (C=S) groups is 1. The topological polar surface area (TPSA) is 64.3 Å². The van der Waals surface area contributed by atoms with Crippen molar-refractivity contribution >= 4 is 23.1 Å². The summed E-state index contributed by atoms with van der Waals surface area (Å²) in [5.41, 5.74) is 6.29. The van der Waals surface area contributed by atoms with Gasteiger partial charge in [-0.2, -0.15) is 0 Å². The largest absolute Gasteiger partial charge is 0.483 e. The molecule has 0 aliphatic heterocycles. The molecule has 1 aliphatic rings. The lowest BCUT2D eigenvalue weighted by molar-refractivity contribution is -0.123. The highest BCUT2D eigenvalue weighted by atomic mass is 32.1. The molecule has 0 saturated heterocycles. The molecule has 0 aromatic heterocycles. The van der Waals surface area contributed by atoms with Crippen LogP contribution in [0.2, 0.25) is 0 Å². The van der Waals surface area contributed by atoms with Crippen molar-refractivity contribution in [3.63, 3.8) is 0 Å². The molecule has 1 saturated carbocycles. The molecule has 1 aliphatic carbocycles. The van der Waals surface area contributed by atoms with E-state index in [0.717, 1.165) is 6.54 Å². The van der Waals surface area contributed by atoms with Gasteiger partial charge in [0.15, 0.2) is 6.61 Å². The van der Waals surface area contributed by atoms with Gasteiger partial charge in [0, 0.05) is 6.54 Å². The van der Waals surface area contributed by atoms with Crippen LogP contribution in [0.4, 0.5) is 0 Å². The summed E-state index contributed by atoms with van der Waals surface area (Å²) in [6.45, 7) is 2.97. The van der Waals surface area contributed by atoms with E-state index >= 15 is 0 Å². The molecule has 1 amide bonds. The van der Waals surface area contributed by atoms with E-state index < -0.39 is 0 Å². The van der Waals surface area contributed by atoms with E-state index in [4.69, 9.17) is 22.7 Å². The van der Waals surface area contributed by atoms with Gasteiger partial charge in [-0.05, 0) is 30.4 Å². The van der Waals surface area contributed by atoms with Crippen molar-refractivity contribution in [1.82, 2.24) is 5.32 Å². The average molecular weight is 306 g/mol. The highest BCUT2D eigenvalue weighted by Crippen LogP contribution is 2.30. The number of benzene rings is 1. The summed E-state index contributed by atoms with van der Waals surface area (Å²) in [4.78, 5) is 12.1. The summed E-state index contributed by atoms with van der Waals surface area (Å²) in [7, 11) is 0. The van der Waals surface area contributed by atoms with Crippen molar-refractivity contribution in [2.24, 2.45) is 17.6 Å². The Morgan fingerprint density at radius 3 is 2.86 bits per heavy atom. The van der Waals surface area contributed by atoms with Gasteiger partial charge >= 0.3 is 0 Å². The first-order chi connectivity index (χ1) is 10.1. The zero-order valence-corrected chi connectivity index (χ0v) is 13.1. The Hall–Kier alpha value is -1.62. The molecule has 21 heavy (non-hydrogen) atoms. The van der Waals surface area contributed by atoms with Gasteiger partial charge in [0.2, 0.25) is 0 Å². The first kappa shape index (κ1) is 15.8. The van der Waals surface area contributed by atoms with Gasteiger partial charge in [-0.3, -0.25) is 4.79 Å². The van der Waals surface area contributed by atoms with E-state index in [2.05, 4.69) is 12.2 Å². The van der Waals surface area contributed by atoms with Crippen LogP contribution in [0.5, 0.6) is 5.75 Å². The number of para-hydroxylation sites is 1. The van der Waals surface area contributed by atoms with Crippen molar-refractivity contribution in [1.29, 1.82) is 0 Å². The van der Waals surface area contributed by atoms with Gasteiger partial charge in [-0.15, -0.1) is 0 Å². The minimum atomic E-state index is -0.105. The third-order valence-corrected chi connectivity index (χ3v) is 4.33. The Morgan fingerprint density at radius 2 is 2.19 bits per heavy atom. The molecule has 1 aromatic carbocycles. The summed E-state index contributed by atoms with van der Waals surface area (Å²) in [5.74, 6) is 1.74. The Kier molecular flexibility index (Phi) is 5.56. The fraction of sp³-hybridized carbons (Fsp3) is 0.500. The van der Waals surface area contributed by atoms with Crippen molar-refractivity contribution in [3.05, 3.63) is 29.8 Å². The monoisotopic (exact) mass is 306 g/mol. The predicted molar refractivity (Wildman–Crippen MR) is 87.3 cm³/mol. The molecule has 2 atom stereocenters. The lowest BCUT2D eigenvalue weighted by atomic mass is 9.98. The van der Waals surface area contributed by atoms with Crippen LogP contribution < -0.4 is 15.8 Å². The predicted octanol–water partition coefficient (Wildman–Crippen LogP) is 2.25. The standard InChI is InChI=1S/C16H22N2O2S/c1-11-5-4-6-12(11)9-18-15(19)10-20-14-8-3-2-7-13(14)16(17)21/h2-3,7-8,11-12H,4-6,9-10H2,1H3,(H2,17,21)(H,18,19). The quantitative estimate of drug-likeness (QED) is 0.791. The molecule has 0 radical (unpaired) electrons. The molecule has 2 rings (SSSR count). The third kappa shape index (κ3) is 4.43. The van der Waals surface area contributed by atoms with Crippen LogP contribution in [0.1, 0.15) is 31.7 Å². The van der Waals surface area contributed by atoms with Crippen molar-refractivity contribution in [2.75, 3.05) is 13.2 Å². The summed E-state index contributed by atoms with van der Waals surface area (Å²) in [5, 5.41) is 2.95. The van der Waals surface area contributed by atoms with Crippen LogP contribution in [0, 0.1) is 11.8 Å². The first-order valence-corrected chi connectivity index (χ1v) is 7.77. The molecule has 2 unspecified atom stereocenters. The van der Waals surface area contributed by atoms with E-state index in [1.165, 1.54) is 19.3 Å². The fourth-order valence-corrected chi connectivity index (χ4v) is 2.93. The number of rotatable bonds is 6. The maximum Gasteiger partial charge on any atom is 0.257 e. The molecule has 0 spiro atoms.